The molecule has 0 aromatic carbocycles. The summed E-state index contributed by atoms with van der Waals surface area (Å²) in [6.07, 6.45) is 16.6. The van der Waals surface area contributed by atoms with Crippen LogP contribution in [-0.4, -0.2) is 20.5 Å². The second-order valence-corrected chi connectivity index (χ2v) is 12.3. The maximum Gasteiger partial charge on any atom is 0.102 e. The highest BCUT2D eigenvalue weighted by atomic mass is 16.3. The fraction of sp³-hybridized carbons (Fsp3) is 0.852. The third-order valence-corrected chi connectivity index (χ3v) is 10.5. The largest absolute Gasteiger partial charge is 0.390 e. The zero-order chi connectivity index (χ0) is 21.8. The first-order chi connectivity index (χ1) is 14.8. The molecule has 5 rings (SSSR count). The minimum Gasteiger partial charge on any atom is -0.390 e. The van der Waals surface area contributed by atoms with Gasteiger partial charge < -0.3 is 5.11 Å². The molecule has 0 unspecified atom stereocenters. The monoisotopic (exact) mass is 423 g/mol. The summed E-state index contributed by atoms with van der Waals surface area (Å²) < 4.78 is 2.00. The lowest BCUT2D eigenvalue weighted by atomic mass is 9.44. The second-order valence-electron chi connectivity index (χ2n) is 12.3. The molecular weight excluding hydrogens is 382 g/mol. The Morgan fingerprint density at radius 3 is 2.71 bits per heavy atom. The molecule has 1 aromatic rings. The molecule has 0 amide bonds. The molecule has 4 fully saturated rings. The Hall–Kier alpha value is -1.34. The Morgan fingerprint density at radius 2 is 1.94 bits per heavy atom. The van der Waals surface area contributed by atoms with Gasteiger partial charge in [0.25, 0.3) is 0 Å². The van der Waals surface area contributed by atoms with E-state index in [1.165, 1.54) is 51.4 Å². The minimum atomic E-state index is -0.416. The van der Waals surface area contributed by atoms with E-state index in [-0.39, 0.29) is 0 Å². The van der Waals surface area contributed by atoms with Crippen molar-refractivity contribution in [3.8, 4) is 6.07 Å². The molecule has 1 aromatic heterocycles. The molecular formula is C27H41N3O. The van der Waals surface area contributed by atoms with Crippen molar-refractivity contribution in [1.29, 1.82) is 5.26 Å². The van der Waals surface area contributed by atoms with Gasteiger partial charge in [0.1, 0.15) is 6.07 Å². The van der Waals surface area contributed by atoms with Gasteiger partial charge in [-0.3, -0.25) is 4.68 Å². The highest BCUT2D eigenvalue weighted by Crippen LogP contribution is 2.64. The number of nitriles is 1. The van der Waals surface area contributed by atoms with Gasteiger partial charge in [-0.05, 0) is 112 Å². The molecule has 4 aliphatic carbocycles. The SMILES string of the molecule is C[C@H](Cn1cc(C#N)cn1)[C@H]1CCC[C@H]2[C@@H]3CC[C@@H]4C[C@](C)(O)CC[C@@H]4[C@H]3CC[C@]12C. The van der Waals surface area contributed by atoms with Crippen molar-refractivity contribution in [1.82, 2.24) is 9.78 Å². The highest BCUT2D eigenvalue weighted by Gasteiger charge is 2.56. The van der Waals surface area contributed by atoms with Gasteiger partial charge in [0.2, 0.25) is 0 Å². The Balaban J connectivity index is 1.32. The van der Waals surface area contributed by atoms with Crippen molar-refractivity contribution in [3.63, 3.8) is 0 Å². The molecule has 170 valence electrons. The Labute approximate surface area is 188 Å². The summed E-state index contributed by atoms with van der Waals surface area (Å²) in [6, 6.07) is 2.21. The van der Waals surface area contributed by atoms with Gasteiger partial charge >= 0.3 is 0 Å². The molecule has 31 heavy (non-hydrogen) atoms. The van der Waals surface area contributed by atoms with Crippen LogP contribution < -0.4 is 0 Å². The summed E-state index contributed by atoms with van der Waals surface area (Å²) in [5.74, 6) is 5.68. The number of aliphatic hydroxyl groups is 1. The van der Waals surface area contributed by atoms with Crippen LogP contribution in [0.25, 0.3) is 0 Å². The molecule has 0 bridgehead atoms. The zero-order valence-electron chi connectivity index (χ0n) is 19.8. The van der Waals surface area contributed by atoms with Crippen molar-refractivity contribution in [2.75, 3.05) is 0 Å². The van der Waals surface area contributed by atoms with Gasteiger partial charge in [0.05, 0.1) is 17.4 Å². The van der Waals surface area contributed by atoms with Crippen LogP contribution in [0.3, 0.4) is 0 Å². The average Bonchev–Trinajstić information content (AvgIpc) is 3.19. The summed E-state index contributed by atoms with van der Waals surface area (Å²) in [6.45, 7) is 8.07. The molecule has 1 heterocycles. The van der Waals surface area contributed by atoms with Gasteiger partial charge in [-0.1, -0.05) is 20.3 Å². The number of hydrogen-bond donors (Lipinski definition) is 1. The zero-order valence-corrected chi connectivity index (χ0v) is 19.8. The van der Waals surface area contributed by atoms with Crippen molar-refractivity contribution >= 4 is 0 Å². The maximum absolute atomic E-state index is 10.6. The van der Waals surface area contributed by atoms with E-state index in [1.54, 1.807) is 6.20 Å². The van der Waals surface area contributed by atoms with E-state index in [9.17, 15) is 5.11 Å². The molecule has 0 radical (unpaired) electrons. The Morgan fingerprint density at radius 1 is 1.13 bits per heavy atom. The molecule has 0 spiro atoms. The first-order valence-corrected chi connectivity index (χ1v) is 13.0. The van der Waals surface area contributed by atoms with E-state index in [0.717, 1.165) is 54.9 Å². The van der Waals surface area contributed by atoms with Crippen LogP contribution in [0.15, 0.2) is 12.4 Å². The van der Waals surface area contributed by atoms with Crippen LogP contribution >= 0.6 is 0 Å². The van der Waals surface area contributed by atoms with Crippen molar-refractivity contribution in [2.24, 2.45) is 46.8 Å². The lowest BCUT2D eigenvalue weighted by Crippen LogP contribution is -2.54. The maximum atomic E-state index is 10.6. The highest BCUT2D eigenvalue weighted by molar-refractivity contribution is 5.21. The van der Waals surface area contributed by atoms with Crippen LogP contribution in [0, 0.1) is 58.2 Å². The topological polar surface area (TPSA) is 61.8 Å². The van der Waals surface area contributed by atoms with Crippen LogP contribution in [0.1, 0.15) is 90.5 Å². The molecule has 4 aliphatic rings. The van der Waals surface area contributed by atoms with E-state index in [1.807, 2.05) is 10.9 Å². The summed E-state index contributed by atoms with van der Waals surface area (Å²) in [5, 5.41) is 24.2. The van der Waals surface area contributed by atoms with Gasteiger partial charge in [0, 0.05) is 12.7 Å². The molecule has 0 aliphatic heterocycles. The van der Waals surface area contributed by atoms with Gasteiger partial charge in [0.15, 0.2) is 0 Å². The number of aromatic nitrogens is 2. The number of rotatable bonds is 3. The molecule has 4 saturated carbocycles. The lowest BCUT2D eigenvalue weighted by molar-refractivity contribution is -0.134. The molecule has 0 saturated heterocycles. The van der Waals surface area contributed by atoms with Gasteiger partial charge in [-0.2, -0.15) is 10.4 Å². The molecule has 1 N–H and O–H groups in total. The van der Waals surface area contributed by atoms with Crippen molar-refractivity contribution in [2.45, 2.75) is 97.1 Å². The summed E-state index contributed by atoms with van der Waals surface area (Å²) >= 11 is 0. The fourth-order valence-electron chi connectivity index (χ4n) is 9.20. The quantitative estimate of drug-likeness (QED) is 0.668. The van der Waals surface area contributed by atoms with Gasteiger partial charge in [-0.15, -0.1) is 0 Å². The summed E-state index contributed by atoms with van der Waals surface area (Å²) in [5.41, 5.74) is 0.709. The standard InChI is InChI=1S/C27H41N3O/c1-18(16-30-17-19(14-28)15-29-30)24-5-4-6-25-23-8-7-20-13-26(2,31)11-9-21(20)22(23)10-12-27(24,25)3/h15,17-18,20-25,31H,4-13,16H2,1-3H3/t18-,20-,21+,22-,23-,24-,25+,26-,27-/m1/s1. The summed E-state index contributed by atoms with van der Waals surface area (Å²) in [7, 11) is 0. The van der Waals surface area contributed by atoms with Crippen LogP contribution in [0.2, 0.25) is 0 Å². The normalized spacial score (nSPS) is 45.6. The van der Waals surface area contributed by atoms with Crippen LogP contribution in [-0.2, 0) is 6.54 Å². The van der Waals surface area contributed by atoms with E-state index in [0.29, 0.717) is 16.9 Å². The summed E-state index contributed by atoms with van der Waals surface area (Å²) in [4.78, 5) is 0. The van der Waals surface area contributed by atoms with E-state index in [4.69, 9.17) is 5.26 Å². The number of hydrogen-bond acceptors (Lipinski definition) is 3. The minimum absolute atomic E-state index is 0.416. The van der Waals surface area contributed by atoms with E-state index in [2.05, 4.69) is 31.9 Å². The number of fused-ring (bicyclic) bond motifs is 5. The fourth-order valence-corrected chi connectivity index (χ4v) is 9.20. The first-order valence-electron chi connectivity index (χ1n) is 13.0. The first kappa shape index (κ1) is 21.5. The Bertz CT molecular complexity index is 838. The Kier molecular flexibility index (Phi) is 5.48. The third kappa shape index (κ3) is 3.75. The van der Waals surface area contributed by atoms with Crippen LogP contribution in [0.5, 0.6) is 0 Å². The van der Waals surface area contributed by atoms with E-state index >= 15 is 0 Å². The third-order valence-electron chi connectivity index (χ3n) is 10.5. The molecule has 4 heteroatoms. The molecule has 4 nitrogen and oxygen atoms in total. The van der Waals surface area contributed by atoms with Crippen molar-refractivity contribution < 1.29 is 5.11 Å². The lowest BCUT2D eigenvalue weighted by Gasteiger charge is -2.61. The predicted molar refractivity (Wildman–Crippen MR) is 122 cm³/mol. The van der Waals surface area contributed by atoms with Crippen molar-refractivity contribution in [3.05, 3.63) is 18.0 Å². The van der Waals surface area contributed by atoms with Crippen LogP contribution in [0.4, 0.5) is 0 Å². The van der Waals surface area contributed by atoms with E-state index < -0.39 is 5.60 Å². The smallest absolute Gasteiger partial charge is 0.102 e. The predicted octanol–water partition coefficient (Wildman–Crippen LogP) is 5.80. The van der Waals surface area contributed by atoms with Gasteiger partial charge in [-0.25, -0.2) is 0 Å². The number of nitrogens with zero attached hydrogens (tertiary/aromatic N) is 3. The second kappa shape index (κ2) is 7.91. The molecule has 9 atom stereocenters. The average molecular weight is 424 g/mol.